The summed E-state index contributed by atoms with van der Waals surface area (Å²) >= 11 is 6.15. The Morgan fingerprint density at radius 3 is 2.44 bits per heavy atom. The molecule has 1 aliphatic rings. The quantitative estimate of drug-likeness (QED) is 0.283. The maximum Gasteiger partial charge on any atom is 0.433 e. The lowest BCUT2D eigenvalue weighted by Gasteiger charge is -2.17. The molecule has 188 valence electrons. The van der Waals surface area contributed by atoms with Crippen molar-refractivity contribution in [3.63, 3.8) is 0 Å². The molecular formula is C25H15ClF6NO3-. The van der Waals surface area contributed by atoms with Crippen molar-refractivity contribution in [3.8, 4) is 5.75 Å². The number of nitrogens with zero attached hydrogens (tertiary/aromatic N) is 1. The Hall–Kier alpha value is -3.53. The number of hydrogen-bond acceptors (Lipinski definition) is 4. The van der Waals surface area contributed by atoms with E-state index in [-0.39, 0.29) is 16.9 Å². The van der Waals surface area contributed by atoms with Gasteiger partial charge in [0, 0.05) is 27.9 Å². The minimum atomic E-state index is -4.98. The molecule has 0 bridgehead atoms. The van der Waals surface area contributed by atoms with E-state index in [1.54, 1.807) is 0 Å². The highest BCUT2D eigenvalue weighted by Gasteiger charge is 2.36. The maximum absolute atomic E-state index is 14.1. The van der Waals surface area contributed by atoms with Crippen LogP contribution >= 0.6 is 11.6 Å². The first kappa shape index (κ1) is 25.6. The van der Waals surface area contributed by atoms with E-state index in [0.717, 1.165) is 24.4 Å². The molecule has 2 aromatic carbocycles. The summed E-state index contributed by atoms with van der Waals surface area (Å²) in [4.78, 5) is 14.7. The smallest absolute Gasteiger partial charge is 0.433 e. The molecule has 0 saturated carbocycles. The molecule has 1 aromatic heterocycles. The Kier molecular flexibility index (Phi) is 6.99. The van der Waals surface area contributed by atoms with Gasteiger partial charge in [0.05, 0.1) is 5.97 Å². The Balaban J connectivity index is 1.75. The lowest BCUT2D eigenvalue weighted by molar-refractivity contribution is -0.255. The van der Waals surface area contributed by atoms with E-state index in [1.165, 1.54) is 18.2 Å². The number of alkyl halides is 3. The summed E-state index contributed by atoms with van der Waals surface area (Å²) in [6, 6.07) is 7.19. The predicted octanol–water partition coefficient (Wildman–Crippen LogP) is 6.21. The molecule has 0 saturated heterocycles. The minimum Gasteiger partial charge on any atom is -0.545 e. The van der Waals surface area contributed by atoms with Crippen molar-refractivity contribution in [2.24, 2.45) is 0 Å². The predicted molar refractivity (Wildman–Crippen MR) is 116 cm³/mol. The number of rotatable bonds is 6. The largest absolute Gasteiger partial charge is 0.545 e. The summed E-state index contributed by atoms with van der Waals surface area (Å²) < 4.78 is 86.1. The molecule has 1 aliphatic carbocycles. The first-order valence-electron chi connectivity index (χ1n) is 10.5. The number of carboxylic acid groups (broad SMARTS) is 1. The van der Waals surface area contributed by atoms with Gasteiger partial charge < -0.3 is 14.6 Å². The van der Waals surface area contributed by atoms with Crippen LogP contribution in [0.25, 0.3) is 11.1 Å². The number of ether oxygens (including phenoxy) is 1. The van der Waals surface area contributed by atoms with Crippen molar-refractivity contribution >= 4 is 28.7 Å². The van der Waals surface area contributed by atoms with Gasteiger partial charge in [0.1, 0.15) is 12.4 Å². The van der Waals surface area contributed by atoms with Crippen LogP contribution in [0, 0.1) is 17.5 Å². The maximum atomic E-state index is 14.1. The molecule has 4 nitrogen and oxygen atoms in total. The summed E-state index contributed by atoms with van der Waals surface area (Å²) in [7, 11) is 0. The van der Waals surface area contributed by atoms with Crippen molar-refractivity contribution in [1.82, 2.24) is 4.98 Å². The fraction of sp³-hybridized carbons (Fsp3) is 0.200. The number of carboxylic acids is 1. The van der Waals surface area contributed by atoms with Crippen LogP contribution in [0.5, 0.6) is 5.75 Å². The monoisotopic (exact) mass is 526 g/mol. The third kappa shape index (κ3) is 5.04. The zero-order valence-electron chi connectivity index (χ0n) is 18.2. The van der Waals surface area contributed by atoms with Crippen molar-refractivity contribution in [2.75, 3.05) is 0 Å². The molecule has 0 N–H and O–H groups in total. The summed E-state index contributed by atoms with van der Waals surface area (Å²) in [5.41, 5.74) is -1.14. The van der Waals surface area contributed by atoms with Gasteiger partial charge in [-0.3, -0.25) is 4.98 Å². The molecular weight excluding hydrogens is 512 g/mol. The van der Waals surface area contributed by atoms with Gasteiger partial charge in [0.2, 0.25) is 0 Å². The number of aromatic nitrogens is 1. The van der Waals surface area contributed by atoms with Crippen molar-refractivity contribution in [3.05, 3.63) is 93.0 Å². The lowest BCUT2D eigenvalue weighted by atomic mass is 9.96. The zero-order chi connectivity index (χ0) is 26.2. The van der Waals surface area contributed by atoms with Crippen LogP contribution in [0.2, 0.25) is 5.02 Å². The average Bonchev–Trinajstić information content (AvgIpc) is 3.31. The van der Waals surface area contributed by atoms with Crippen molar-refractivity contribution in [1.29, 1.82) is 0 Å². The number of halogens is 7. The van der Waals surface area contributed by atoms with Gasteiger partial charge in [-0.25, -0.2) is 13.2 Å². The van der Waals surface area contributed by atoms with E-state index >= 15 is 0 Å². The van der Waals surface area contributed by atoms with Crippen LogP contribution in [-0.4, -0.2) is 11.0 Å². The Morgan fingerprint density at radius 2 is 1.75 bits per heavy atom. The highest BCUT2D eigenvalue weighted by atomic mass is 35.5. The molecule has 0 amide bonds. The lowest BCUT2D eigenvalue weighted by Crippen LogP contribution is -2.27. The number of carbonyl (C=O) groups is 1. The standard InChI is InChI=1S/C25H16ClF6NO3/c26-14-5-7-20(36-11-12-4-6-19(27)22(29)21(12)28)17(9-14)16-3-1-2-15(16)13-8-18(24(34)35)23(33-10-13)25(30,31)32/h4-10H,1-3,11H2,(H,34,35)/p-1. The van der Waals surface area contributed by atoms with Crippen LogP contribution in [-0.2, 0) is 12.8 Å². The number of pyridine rings is 1. The first-order chi connectivity index (χ1) is 17.0. The highest BCUT2D eigenvalue weighted by Crippen LogP contribution is 2.44. The third-order valence-corrected chi connectivity index (χ3v) is 5.94. The molecule has 0 radical (unpaired) electrons. The molecule has 1 heterocycles. The second-order valence-electron chi connectivity index (χ2n) is 7.98. The average molecular weight is 527 g/mol. The minimum absolute atomic E-state index is 0.160. The summed E-state index contributed by atoms with van der Waals surface area (Å²) in [5.74, 6) is -6.18. The highest BCUT2D eigenvalue weighted by molar-refractivity contribution is 6.30. The van der Waals surface area contributed by atoms with E-state index < -0.39 is 47.5 Å². The molecule has 11 heteroatoms. The number of carbonyl (C=O) groups excluding carboxylic acids is 1. The number of allylic oxidation sites excluding steroid dienone is 2. The third-order valence-electron chi connectivity index (χ3n) is 5.71. The van der Waals surface area contributed by atoms with Crippen molar-refractivity contribution < 1.29 is 41.0 Å². The van der Waals surface area contributed by atoms with Gasteiger partial charge in [-0.15, -0.1) is 0 Å². The van der Waals surface area contributed by atoms with Gasteiger partial charge in [-0.2, -0.15) is 13.2 Å². The van der Waals surface area contributed by atoms with Gasteiger partial charge in [0.15, 0.2) is 23.1 Å². The molecule has 3 aromatic rings. The molecule has 0 unspecified atom stereocenters. The first-order valence-corrected chi connectivity index (χ1v) is 10.9. The SMILES string of the molecule is O=C([O-])c1cc(C2=C(c3cc(Cl)ccc3OCc3ccc(F)c(F)c3F)CCC2)cnc1C(F)(F)F. The molecule has 4 rings (SSSR count). The normalized spacial score (nSPS) is 13.9. The van der Waals surface area contributed by atoms with Crippen LogP contribution in [0.3, 0.4) is 0 Å². The number of benzene rings is 2. The van der Waals surface area contributed by atoms with Crippen LogP contribution in [0.15, 0.2) is 42.6 Å². The zero-order valence-corrected chi connectivity index (χ0v) is 18.9. The topological polar surface area (TPSA) is 62.2 Å². The molecule has 36 heavy (non-hydrogen) atoms. The van der Waals surface area contributed by atoms with E-state index in [4.69, 9.17) is 16.3 Å². The van der Waals surface area contributed by atoms with E-state index in [9.17, 15) is 36.2 Å². The van der Waals surface area contributed by atoms with E-state index in [2.05, 4.69) is 4.98 Å². The Labute approximate surface area is 205 Å². The molecule has 0 aliphatic heterocycles. The van der Waals surface area contributed by atoms with Gasteiger partial charge in [-0.1, -0.05) is 11.6 Å². The van der Waals surface area contributed by atoms with E-state index in [0.29, 0.717) is 41.0 Å². The number of hydrogen-bond donors (Lipinski definition) is 0. The second-order valence-corrected chi connectivity index (χ2v) is 8.42. The van der Waals surface area contributed by atoms with E-state index in [1.807, 2.05) is 0 Å². The Bertz CT molecular complexity index is 1390. The Morgan fingerprint density at radius 1 is 1.03 bits per heavy atom. The van der Waals surface area contributed by atoms with Crippen LogP contribution in [0.4, 0.5) is 26.3 Å². The van der Waals surface area contributed by atoms with Crippen molar-refractivity contribution in [2.45, 2.75) is 32.0 Å². The second kappa shape index (κ2) is 9.85. The van der Waals surface area contributed by atoms with Crippen LogP contribution in [0.1, 0.15) is 52.0 Å². The number of aromatic carboxylic acids is 1. The molecule has 0 fully saturated rings. The summed E-state index contributed by atoms with van der Waals surface area (Å²) in [6.07, 6.45) is -2.59. The fourth-order valence-corrected chi connectivity index (χ4v) is 4.24. The summed E-state index contributed by atoms with van der Waals surface area (Å²) in [6.45, 7) is -0.447. The molecule has 0 atom stereocenters. The van der Waals surface area contributed by atoms with Gasteiger partial charge >= 0.3 is 6.18 Å². The van der Waals surface area contributed by atoms with Gasteiger partial charge in [0.25, 0.3) is 0 Å². The van der Waals surface area contributed by atoms with Crippen LogP contribution < -0.4 is 9.84 Å². The summed E-state index contributed by atoms with van der Waals surface area (Å²) in [5, 5.41) is 11.7. The molecule has 0 spiro atoms. The van der Waals surface area contributed by atoms with Gasteiger partial charge in [-0.05, 0) is 72.4 Å². The fourth-order valence-electron chi connectivity index (χ4n) is 4.07.